The van der Waals surface area contributed by atoms with Gasteiger partial charge in [0.15, 0.2) is 0 Å². The van der Waals surface area contributed by atoms with Gasteiger partial charge in [-0.2, -0.15) is 0 Å². The van der Waals surface area contributed by atoms with Gasteiger partial charge in [0.2, 0.25) is 5.91 Å². The standard InChI is InChI=1S/C13H16N2O4/c1-7(12(18)15-8-2-3-8)14-13(19)10-6-9(16)4-5-11(10)17/h4-8,16-17H,2-3H2,1H3,(H,14,19)(H,15,18). The summed E-state index contributed by atoms with van der Waals surface area (Å²) >= 11 is 0. The number of hydrogen-bond acceptors (Lipinski definition) is 4. The zero-order valence-electron chi connectivity index (χ0n) is 10.5. The summed E-state index contributed by atoms with van der Waals surface area (Å²) in [6.07, 6.45) is 1.94. The molecule has 1 fully saturated rings. The monoisotopic (exact) mass is 264 g/mol. The van der Waals surface area contributed by atoms with Crippen LogP contribution in [-0.2, 0) is 4.79 Å². The van der Waals surface area contributed by atoms with Gasteiger partial charge >= 0.3 is 0 Å². The van der Waals surface area contributed by atoms with E-state index in [-0.39, 0.29) is 29.0 Å². The van der Waals surface area contributed by atoms with Crippen LogP contribution in [0.25, 0.3) is 0 Å². The number of aromatic hydroxyl groups is 2. The maximum atomic E-state index is 11.9. The minimum Gasteiger partial charge on any atom is -0.508 e. The van der Waals surface area contributed by atoms with E-state index in [0.29, 0.717) is 0 Å². The molecule has 6 heteroatoms. The molecule has 0 bridgehead atoms. The van der Waals surface area contributed by atoms with Gasteiger partial charge in [0.25, 0.3) is 5.91 Å². The molecule has 0 saturated heterocycles. The molecule has 0 heterocycles. The van der Waals surface area contributed by atoms with Crippen molar-refractivity contribution in [1.82, 2.24) is 10.6 Å². The molecule has 1 unspecified atom stereocenters. The smallest absolute Gasteiger partial charge is 0.255 e. The third-order valence-electron chi connectivity index (χ3n) is 2.89. The normalized spacial score (nSPS) is 15.6. The second-order valence-electron chi connectivity index (χ2n) is 4.68. The summed E-state index contributed by atoms with van der Waals surface area (Å²) in [5, 5.41) is 24.1. The van der Waals surface area contributed by atoms with E-state index in [9.17, 15) is 19.8 Å². The zero-order valence-corrected chi connectivity index (χ0v) is 10.5. The van der Waals surface area contributed by atoms with Crippen molar-refractivity contribution in [3.8, 4) is 11.5 Å². The van der Waals surface area contributed by atoms with Gasteiger partial charge in [-0.15, -0.1) is 0 Å². The lowest BCUT2D eigenvalue weighted by Gasteiger charge is -2.14. The first kappa shape index (κ1) is 13.2. The summed E-state index contributed by atoms with van der Waals surface area (Å²) < 4.78 is 0. The number of phenols is 2. The van der Waals surface area contributed by atoms with Gasteiger partial charge in [0.05, 0.1) is 5.56 Å². The van der Waals surface area contributed by atoms with E-state index < -0.39 is 11.9 Å². The highest BCUT2D eigenvalue weighted by Gasteiger charge is 2.26. The van der Waals surface area contributed by atoms with Crippen LogP contribution in [-0.4, -0.2) is 34.1 Å². The minimum atomic E-state index is -0.699. The third kappa shape index (κ3) is 3.37. The first-order valence-electron chi connectivity index (χ1n) is 6.10. The van der Waals surface area contributed by atoms with Crippen LogP contribution >= 0.6 is 0 Å². The van der Waals surface area contributed by atoms with Crippen molar-refractivity contribution >= 4 is 11.8 Å². The number of hydrogen-bond donors (Lipinski definition) is 4. The van der Waals surface area contributed by atoms with Crippen LogP contribution in [0.3, 0.4) is 0 Å². The summed E-state index contributed by atoms with van der Waals surface area (Å²) in [6, 6.07) is 3.17. The summed E-state index contributed by atoms with van der Waals surface area (Å²) in [5.41, 5.74) is -0.0638. The lowest BCUT2D eigenvalue weighted by molar-refractivity contribution is -0.122. The molecule has 1 aromatic carbocycles. The van der Waals surface area contributed by atoms with Gasteiger partial charge in [-0.25, -0.2) is 0 Å². The van der Waals surface area contributed by atoms with Crippen LogP contribution in [0.4, 0.5) is 0 Å². The predicted molar refractivity (Wildman–Crippen MR) is 67.9 cm³/mol. The summed E-state index contributed by atoms with van der Waals surface area (Å²) in [6.45, 7) is 1.56. The molecule has 1 aliphatic rings. The Balaban J connectivity index is 1.99. The number of rotatable bonds is 4. The number of phenolic OH excluding ortho intramolecular Hbond substituents is 2. The molecular formula is C13H16N2O4. The van der Waals surface area contributed by atoms with Crippen LogP contribution in [0.1, 0.15) is 30.1 Å². The predicted octanol–water partition coefficient (Wildman–Crippen LogP) is 0.495. The van der Waals surface area contributed by atoms with E-state index in [0.717, 1.165) is 18.9 Å². The number of benzene rings is 1. The highest BCUT2D eigenvalue weighted by atomic mass is 16.3. The first-order valence-corrected chi connectivity index (χ1v) is 6.10. The molecule has 0 radical (unpaired) electrons. The molecule has 0 aromatic heterocycles. The Morgan fingerprint density at radius 2 is 2.00 bits per heavy atom. The van der Waals surface area contributed by atoms with Gasteiger partial charge in [-0.3, -0.25) is 9.59 Å². The maximum Gasteiger partial charge on any atom is 0.255 e. The molecule has 1 saturated carbocycles. The maximum absolute atomic E-state index is 11.9. The molecule has 0 aliphatic heterocycles. The van der Waals surface area contributed by atoms with Crippen LogP contribution < -0.4 is 10.6 Å². The van der Waals surface area contributed by atoms with Gasteiger partial charge < -0.3 is 20.8 Å². The largest absolute Gasteiger partial charge is 0.508 e. The number of amides is 2. The van der Waals surface area contributed by atoms with Gasteiger partial charge in [0.1, 0.15) is 17.5 Å². The van der Waals surface area contributed by atoms with Crippen molar-refractivity contribution in [3.05, 3.63) is 23.8 Å². The van der Waals surface area contributed by atoms with Crippen molar-refractivity contribution in [3.63, 3.8) is 0 Å². The molecular weight excluding hydrogens is 248 g/mol. The molecule has 2 amide bonds. The topological polar surface area (TPSA) is 98.7 Å². The summed E-state index contributed by atoms with van der Waals surface area (Å²) in [4.78, 5) is 23.5. The highest BCUT2D eigenvalue weighted by Crippen LogP contribution is 2.22. The fourth-order valence-electron chi connectivity index (χ4n) is 1.60. The SMILES string of the molecule is CC(NC(=O)c1cc(O)ccc1O)C(=O)NC1CC1. The van der Waals surface area contributed by atoms with Crippen molar-refractivity contribution in [2.24, 2.45) is 0 Å². The Hall–Kier alpha value is -2.24. The second kappa shape index (κ2) is 5.17. The molecule has 1 aromatic rings. The van der Waals surface area contributed by atoms with E-state index in [2.05, 4.69) is 10.6 Å². The van der Waals surface area contributed by atoms with E-state index in [1.165, 1.54) is 12.1 Å². The van der Waals surface area contributed by atoms with E-state index in [1.807, 2.05) is 0 Å². The average Bonchev–Trinajstić information content (AvgIpc) is 3.15. The Morgan fingerprint density at radius 1 is 1.32 bits per heavy atom. The van der Waals surface area contributed by atoms with Crippen molar-refractivity contribution < 1.29 is 19.8 Å². The Morgan fingerprint density at radius 3 is 2.63 bits per heavy atom. The van der Waals surface area contributed by atoms with Gasteiger partial charge in [-0.05, 0) is 38.0 Å². The zero-order chi connectivity index (χ0) is 14.0. The lowest BCUT2D eigenvalue weighted by Crippen LogP contribution is -2.45. The lowest BCUT2D eigenvalue weighted by atomic mass is 10.1. The molecule has 4 N–H and O–H groups in total. The second-order valence-corrected chi connectivity index (χ2v) is 4.68. The highest BCUT2D eigenvalue weighted by molar-refractivity contribution is 5.99. The number of nitrogens with one attached hydrogen (secondary N) is 2. The molecule has 0 spiro atoms. The van der Waals surface area contributed by atoms with Crippen LogP contribution in [0, 0.1) is 0 Å². The Labute approximate surface area is 110 Å². The fraction of sp³-hybridized carbons (Fsp3) is 0.385. The average molecular weight is 264 g/mol. The quantitative estimate of drug-likeness (QED) is 0.595. The van der Waals surface area contributed by atoms with Gasteiger partial charge in [-0.1, -0.05) is 0 Å². The molecule has 102 valence electrons. The van der Waals surface area contributed by atoms with E-state index in [1.54, 1.807) is 6.92 Å². The molecule has 1 aliphatic carbocycles. The number of carbonyl (C=O) groups is 2. The molecule has 6 nitrogen and oxygen atoms in total. The Bertz CT molecular complexity index is 511. The third-order valence-corrected chi connectivity index (χ3v) is 2.89. The van der Waals surface area contributed by atoms with Crippen molar-refractivity contribution in [2.75, 3.05) is 0 Å². The first-order chi connectivity index (χ1) is 8.97. The Kier molecular flexibility index (Phi) is 3.59. The molecule has 2 rings (SSSR count). The van der Waals surface area contributed by atoms with Crippen molar-refractivity contribution in [2.45, 2.75) is 31.8 Å². The van der Waals surface area contributed by atoms with Crippen LogP contribution in [0.15, 0.2) is 18.2 Å². The summed E-state index contributed by atoms with van der Waals surface area (Å²) in [5.74, 6) is -1.23. The van der Waals surface area contributed by atoms with Crippen LogP contribution in [0.2, 0.25) is 0 Å². The minimum absolute atomic E-state index is 0.0638. The summed E-state index contributed by atoms with van der Waals surface area (Å²) in [7, 11) is 0. The van der Waals surface area contributed by atoms with Crippen molar-refractivity contribution in [1.29, 1.82) is 0 Å². The molecule has 1 atom stereocenters. The van der Waals surface area contributed by atoms with E-state index in [4.69, 9.17) is 0 Å². The fourth-order valence-corrected chi connectivity index (χ4v) is 1.60. The van der Waals surface area contributed by atoms with E-state index >= 15 is 0 Å². The number of carbonyl (C=O) groups excluding carboxylic acids is 2. The molecule has 19 heavy (non-hydrogen) atoms. The van der Waals surface area contributed by atoms with Crippen LogP contribution in [0.5, 0.6) is 11.5 Å². The van der Waals surface area contributed by atoms with Gasteiger partial charge in [0, 0.05) is 6.04 Å².